The van der Waals surface area contributed by atoms with E-state index in [1.165, 1.54) is 35.2 Å². The number of carbonyl (C=O) groups is 2. The summed E-state index contributed by atoms with van der Waals surface area (Å²) in [7, 11) is -4.26. The normalized spacial score (nSPS) is 11.9. The minimum atomic E-state index is -4.26. The van der Waals surface area contributed by atoms with Gasteiger partial charge in [-0.15, -0.1) is 0 Å². The lowest BCUT2D eigenvalue weighted by Gasteiger charge is -2.34. The van der Waals surface area contributed by atoms with E-state index < -0.39 is 28.5 Å². The fourth-order valence-electron chi connectivity index (χ4n) is 4.86. The molecule has 0 spiro atoms. The molecule has 0 bridgehead atoms. The number of nitrogens with one attached hydrogen (secondary N) is 1. The molecule has 1 unspecified atom stereocenters. The molecule has 0 aliphatic rings. The fourth-order valence-corrected chi connectivity index (χ4v) is 6.77. The van der Waals surface area contributed by atoms with Crippen LogP contribution >= 0.6 is 23.2 Å². The molecule has 0 saturated heterocycles. The average molecular weight is 667 g/mol. The van der Waals surface area contributed by atoms with Gasteiger partial charge in [0.05, 0.1) is 10.6 Å². The summed E-state index contributed by atoms with van der Waals surface area (Å²) in [5.41, 5.74) is 3.72. The Kier molecular flexibility index (Phi) is 11.7. The second kappa shape index (κ2) is 15.4. The number of sulfonamides is 1. The standard InChI is InChI=1S/C35H37Cl2N3O4S/c1-4-18-38-35(42)33(19-27-8-6-5-7-9-27)39(23-28-14-10-25(2)11-15-28)34(41)24-40(31-21-29(36)20-30(37)22-31)45(43,44)32-16-12-26(3)13-17-32/h5-17,20-22,33H,4,18-19,23-24H2,1-3H3,(H,38,42). The van der Waals surface area contributed by atoms with Gasteiger partial charge in [0.1, 0.15) is 12.6 Å². The molecule has 0 radical (unpaired) electrons. The highest BCUT2D eigenvalue weighted by atomic mass is 35.5. The summed E-state index contributed by atoms with van der Waals surface area (Å²) in [5, 5.41) is 3.37. The smallest absolute Gasteiger partial charge is 0.264 e. The zero-order valence-corrected chi connectivity index (χ0v) is 27.9. The number of benzene rings is 4. The van der Waals surface area contributed by atoms with Gasteiger partial charge in [-0.05, 0) is 61.7 Å². The Morgan fingerprint density at radius 2 is 1.38 bits per heavy atom. The first-order valence-corrected chi connectivity index (χ1v) is 16.9. The van der Waals surface area contributed by atoms with Crippen LogP contribution in [0.15, 0.2) is 102 Å². The van der Waals surface area contributed by atoms with Crippen molar-refractivity contribution in [2.75, 3.05) is 17.4 Å². The molecule has 1 atom stereocenters. The number of amides is 2. The van der Waals surface area contributed by atoms with Crippen molar-refractivity contribution in [1.29, 1.82) is 0 Å². The van der Waals surface area contributed by atoms with Crippen LogP contribution in [0.3, 0.4) is 0 Å². The topological polar surface area (TPSA) is 86.8 Å². The number of aryl methyl sites for hydroxylation is 2. The van der Waals surface area contributed by atoms with E-state index >= 15 is 0 Å². The highest BCUT2D eigenvalue weighted by Gasteiger charge is 2.34. The summed E-state index contributed by atoms with van der Waals surface area (Å²) in [5.74, 6) is -0.880. The molecule has 236 valence electrons. The molecule has 4 aromatic rings. The van der Waals surface area contributed by atoms with Crippen LogP contribution in [-0.4, -0.2) is 44.3 Å². The summed E-state index contributed by atoms with van der Waals surface area (Å²) >= 11 is 12.6. The number of anilines is 1. The molecule has 0 heterocycles. The number of carbonyl (C=O) groups excluding carboxylic acids is 2. The van der Waals surface area contributed by atoms with Crippen LogP contribution in [0.1, 0.15) is 35.6 Å². The molecule has 10 heteroatoms. The lowest BCUT2D eigenvalue weighted by atomic mass is 10.0. The van der Waals surface area contributed by atoms with Gasteiger partial charge in [-0.25, -0.2) is 8.42 Å². The Balaban J connectivity index is 1.81. The van der Waals surface area contributed by atoms with Crippen LogP contribution in [-0.2, 0) is 32.6 Å². The molecule has 0 saturated carbocycles. The second-order valence-corrected chi connectivity index (χ2v) is 13.7. The fraction of sp³-hybridized carbons (Fsp3) is 0.257. The van der Waals surface area contributed by atoms with Crippen LogP contribution in [0.5, 0.6) is 0 Å². The molecule has 0 aliphatic carbocycles. The SMILES string of the molecule is CCCNC(=O)C(Cc1ccccc1)N(Cc1ccc(C)cc1)C(=O)CN(c1cc(Cl)cc(Cl)c1)S(=O)(=O)c1ccc(C)cc1. The maximum atomic E-state index is 14.5. The number of nitrogens with zero attached hydrogens (tertiary/aromatic N) is 2. The Labute approximate surface area is 275 Å². The average Bonchev–Trinajstić information content (AvgIpc) is 3.01. The molecule has 4 aromatic carbocycles. The van der Waals surface area contributed by atoms with Gasteiger partial charge >= 0.3 is 0 Å². The van der Waals surface area contributed by atoms with Gasteiger partial charge in [0.2, 0.25) is 11.8 Å². The van der Waals surface area contributed by atoms with E-state index in [0.717, 1.165) is 26.6 Å². The van der Waals surface area contributed by atoms with Gasteiger partial charge in [-0.2, -0.15) is 0 Å². The van der Waals surface area contributed by atoms with Gasteiger partial charge in [-0.3, -0.25) is 13.9 Å². The molecular formula is C35H37Cl2N3O4S. The molecule has 7 nitrogen and oxygen atoms in total. The highest BCUT2D eigenvalue weighted by Crippen LogP contribution is 2.30. The van der Waals surface area contributed by atoms with Crippen molar-refractivity contribution >= 4 is 50.7 Å². The van der Waals surface area contributed by atoms with E-state index in [1.54, 1.807) is 12.1 Å². The van der Waals surface area contributed by atoms with Gasteiger partial charge < -0.3 is 10.2 Å². The Hall–Kier alpha value is -3.85. The van der Waals surface area contributed by atoms with E-state index in [2.05, 4.69) is 5.32 Å². The highest BCUT2D eigenvalue weighted by molar-refractivity contribution is 7.92. The van der Waals surface area contributed by atoms with Gasteiger partial charge in [0.25, 0.3) is 10.0 Å². The van der Waals surface area contributed by atoms with Crippen molar-refractivity contribution in [3.8, 4) is 0 Å². The summed E-state index contributed by atoms with van der Waals surface area (Å²) in [6, 6.07) is 26.9. The van der Waals surface area contributed by atoms with Gasteiger partial charge in [0, 0.05) is 29.6 Å². The zero-order valence-electron chi connectivity index (χ0n) is 25.5. The molecule has 0 aromatic heterocycles. The Bertz CT molecular complexity index is 1690. The molecule has 1 N–H and O–H groups in total. The van der Waals surface area contributed by atoms with Crippen molar-refractivity contribution < 1.29 is 18.0 Å². The lowest BCUT2D eigenvalue weighted by molar-refractivity contribution is -0.140. The van der Waals surface area contributed by atoms with Gasteiger partial charge in [-0.1, -0.05) is 108 Å². The van der Waals surface area contributed by atoms with E-state index in [0.29, 0.717) is 13.0 Å². The van der Waals surface area contributed by atoms with Crippen LogP contribution in [0.25, 0.3) is 0 Å². The van der Waals surface area contributed by atoms with Gasteiger partial charge in [0.15, 0.2) is 0 Å². The van der Waals surface area contributed by atoms with Crippen LogP contribution in [0.4, 0.5) is 5.69 Å². The minimum absolute atomic E-state index is 0.00334. The van der Waals surface area contributed by atoms with E-state index in [4.69, 9.17) is 23.2 Å². The first kappa shape index (κ1) is 34.0. The summed E-state index contributed by atoms with van der Waals surface area (Å²) in [4.78, 5) is 29.7. The molecular weight excluding hydrogens is 629 g/mol. The number of rotatable bonds is 13. The third-order valence-corrected chi connectivity index (χ3v) is 9.54. The summed E-state index contributed by atoms with van der Waals surface area (Å²) < 4.78 is 29.3. The van der Waals surface area contributed by atoms with Crippen molar-refractivity contribution in [3.05, 3.63) is 129 Å². The Morgan fingerprint density at radius 3 is 1.96 bits per heavy atom. The van der Waals surface area contributed by atoms with Crippen molar-refractivity contribution in [2.24, 2.45) is 0 Å². The maximum Gasteiger partial charge on any atom is 0.264 e. The predicted octanol–water partition coefficient (Wildman–Crippen LogP) is 6.97. The van der Waals surface area contributed by atoms with E-state index in [-0.39, 0.29) is 39.5 Å². The third-order valence-electron chi connectivity index (χ3n) is 7.32. The first-order valence-electron chi connectivity index (χ1n) is 14.7. The molecule has 2 amide bonds. The lowest BCUT2D eigenvalue weighted by Crippen LogP contribution is -2.53. The quantitative estimate of drug-likeness (QED) is 0.167. The Morgan fingerprint density at radius 1 is 0.800 bits per heavy atom. The monoisotopic (exact) mass is 665 g/mol. The molecule has 45 heavy (non-hydrogen) atoms. The van der Waals surface area contributed by atoms with E-state index in [9.17, 15) is 18.0 Å². The van der Waals surface area contributed by atoms with Crippen molar-refractivity contribution in [1.82, 2.24) is 10.2 Å². The van der Waals surface area contributed by atoms with Crippen LogP contribution < -0.4 is 9.62 Å². The van der Waals surface area contributed by atoms with Crippen LogP contribution in [0, 0.1) is 13.8 Å². The van der Waals surface area contributed by atoms with E-state index in [1.807, 2.05) is 75.4 Å². The van der Waals surface area contributed by atoms with Crippen LogP contribution in [0.2, 0.25) is 10.0 Å². The number of hydrogen-bond acceptors (Lipinski definition) is 4. The maximum absolute atomic E-state index is 14.5. The predicted molar refractivity (Wildman–Crippen MR) is 181 cm³/mol. The third kappa shape index (κ3) is 9.10. The van der Waals surface area contributed by atoms with Crippen molar-refractivity contribution in [3.63, 3.8) is 0 Å². The zero-order chi connectivity index (χ0) is 32.6. The number of halogens is 2. The summed E-state index contributed by atoms with van der Waals surface area (Å²) in [6.07, 6.45) is 0.954. The molecule has 0 fully saturated rings. The first-order chi connectivity index (χ1) is 21.5. The molecule has 4 rings (SSSR count). The minimum Gasteiger partial charge on any atom is -0.354 e. The second-order valence-electron chi connectivity index (χ2n) is 11.0. The summed E-state index contributed by atoms with van der Waals surface area (Å²) in [6.45, 7) is 5.70. The number of hydrogen-bond donors (Lipinski definition) is 1. The molecule has 0 aliphatic heterocycles. The largest absolute Gasteiger partial charge is 0.354 e. The van der Waals surface area contributed by atoms with Crippen molar-refractivity contribution in [2.45, 2.75) is 51.1 Å².